The van der Waals surface area contributed by atoms with E-state index in [9.17, 15) is 0 Å². The van der Waals surface area contributed by atoms with E-state index in [1.165, 1.54) is 0 Å². The lowest BCUT2D eigenvalue weighted by molar-refractivity contribution is 0.174. The van der Waals surface area contributed by atoms with Gasteiger partial charge in [-0.05, 0) is 36.2 Å². The van der Waals surface area contributed by atoms with E-state index in [2.05, 4.69) is 33.9 Å². The predicted octanol–water partition coefficient (Wildman–Crippen LogP) is 3.32. The van der Waals surface area contributed by atoms with Crippen molar-refractivity contribution in [2.24, 2.45) is 0 Å². The molecule has 1 aliphatic rings. The number of anilines is 1. The van der Waals surface area contributed by atoms with Crippen molar-refractivity contribution in [1.82, 2.24) is 9.97 Å². The first-order chi connectivity index (χ1) is 12.8. The van der Waals surface area contributed by atoms with E-state index in [1.54, 1.807) is 13.4 Å². The van der Waals surface area contributed by atoms with Gasteiger partial charge in [0.15, 0.2) is 11.5 Å². The van der Waals surface area contributed by atoms with Crippen molar-refractivity contribution in [2.75, 3.05) is 32.0 Å². The highest BCUT2D eigenvalue weighted by atomic mass is 16.7. The molecule has 1 aliphatic heterocycles. The van der Waals surface area contributed by atoms with E-state index >= 15 is 0 Å². The van der Waals surface area contributed by atoms with Crippen LogP contribution in [0.25, 0.3) is 10.9 Å². The summed E-state index contributed by atoms with van der Waals surface area (Å²) >= 11 is 0. The Morgan fingerprint density at radius 3 is 2.88 bits per heavy atom. The molecule has 1 aromatic heterocycles. The third-order valence-electron chi connectivity index (χ3n) is 4.53. The molecule has 0 fully saturated rings. The zero-order chi connectivity index (χ0) is 17.9. The lowest BCUT2D eigenvalue weighted by Gasteiger charge is -2.25. The predicted molar refractivity (Wildman–Crippen MR) is 99.8 cm³/mol. The first-order valence-corrected chi connectivity index (χ1v) is 8.59. The number of fused-ring (bicyclic) bond motifs is 2. The first kappa shape index (κ1) is 16.6. The number of hydrogen-bond donors (Lipinski definition) is 0. The standard InChI is InChI=1S/C20H21N3O3/c1-14-4-3-5-16-19(14)20(22-12-21-16)23(8-9-24-2)11-15-6-7-17-18(10-15)26-13-25-17/h3-7,10,12H,8-9,11,13H2,1-2H3. The average molecular weight is 351 g/mol. The number of ether oxygens (including phenoxy) is 3. The van der Waals surface area contributed by atoms with E-state index in [0.29, 0.717) is 13.2 Å². The maximum Gasteiger partial charge on any atom is 0.231 e. The molecule has 0 amide bonds. The van der Waals surface area contributed by atoms with Gasteiger partial charge in [0.25, 0.3) is 0 Å². The van der Waals surface area contributed by atoms with Crippen molar-refractivity contribution >= 4 is 16.7 Å². The van der Waals surface area contributed by atoms with Crippen LogP contribution >= 0.6 is 0 Å². The smallest absolute Gasteiger partial charge is 0.231 e. The number of hydrogen-bond acceptors (Lipinski definition) is 6. The molecule has 0 spiro atoms. The number of nitrogens with zero attached hydrogens (tertiary/aromatic N) is 3. The molecule has 3 aromatic rings. The summed E-state index contributed by atoms with van der Waals surface area (Å²) in [6, 6.07) is 12.2. The van der Waals surface area contributed by atoms with Crippen molar-refractivity contribution < 1.29 is 14.2 Å². The lowest BCUT2D eigenvalue weighted by atomic mass is 10.1. The first-order valence-electron chi connectivity index (χ1n) is 8.59. The van der Waals surface area contributed by atoms with Gasteiger partial charge in [0.1, 0.15) is 12.1 Å². The van der Waals surface area contributed by atoms with Crippen LogP contribution in [0.3, 0.4) is 0 Å². The Bertz CT molecular complexity index is 924. The fourth-order valence-electron chi connectivity index (χ4n) is 3.22. The third kappa shape index (κ3) is 3.15. The van der Waals surface area contributed by atoms with Gasteiger partial charge in [-0.25, -0.2) is 9.97 Å². The quantitative estimate of drug-likeness (QED) is 0.679. The number of methoxy groups -OCH3 is 1. The lowest BCUT2D eigenvalue weighted by Crippen LogP contribution is -2.28. The Labute approximate surface area is 152 Å². The Balaban J connectivity index is 1.71. The second kappa shape index (κ2) is 7.17. The van der Waals surface area contributed by atoms with Crippen molar-refractivity contribution in [3.63, 3.8) is 0 Å². The molecule has 0 unspecified atom stereocenters. The molecule has 0 radical (unpaired) electrons. The minimum Gasteiger partial charge on any atom is -0.454 e. The zero-order valence-electron chi connectivity index (χ0n) is 14.9. The minimum absolute atomic E-state index is 0.280. The van der Waals surface area contributed by atoms with Crippen LogP contribution in [0.4, 0.5) is 5.82 Å². The van der Waals surface area contributed by atoms with E-state index in [1.807, 2.05) is 24.3 Å². The maximum absolute atomic E-state index is 5.51. The van der Waals surface area contributed by atoms with Crippen LogP contribution in [0.1, 0.15) is 11.1 Å². The molecule has 0 aliphatic carbocycles. The van der Waals surface area contributed by atoms with E-state index in [0.717, 1.165) is 45.9 Å². The van der Waals surface area contributed by atoms with Gasteiger partial charge < -0.3 is 19.1 Å². The van der Waals surface area contributed by atoms with Gasteiger partial charge in [-0.15, -0.1) is 0 Å². The Hall–Kier alpha value is -2.86. The number of benzene rings is 2. The largest absolute Gasteiger partial charge is 0.454 e. The van der Waals surface area contributed by atoms with Gasteiger partial charge in [0.05, 0.1) is 12.1 Å². The van der Waals surface area contributed by atoms with Gasteiger partial charge in [0.2, 0.25) is 6.79 Å². The van der Waals surface area contributed by atoms with E-state index < -0.39 is 0 Å². The van der Waals surface area contributed by atoms with Crippen LogP contribution in [0.5, 0.6) is 11.5 Å². The summed E-state index contributed by atoms with van der Waals surface area (Å²) in [5.41, 5.74) is 3.24. The number of aromatic nitrogens is 2. The fraction of sp³-hybridized carbons (Fsp3) is 0.300. The molecule has 6 nitrogen and oxygen atoms in total. The summed E-state index contributed by atoms with van der Waals surface area (Å²) in [6.45, 7) is 4.40. The second-order valence-corrected chi connectivity index (χ2v) is 6.27. The van der Waals surface area contributed by atoms with Gasteiger partial charge >= 0.3 is 0 Å². The molecular weight excluding hydrogens is 330 g/mol. The van der Waals surface area contributed by atoms with Gasteiger partial charge in [0, 0.05) is 25.6 Å². The highest BCUT2D eigenvalue weighted by Gasteiger charge is 2.17. The number of aryl methyl sites for hydroxylation is 1. The SMILES string of the molecule is COCCN(Cc1ccc2c(c1)OCO2)c1ncnc2cccc(C)c12. The molecule has 2 aromatic carbocycles. The van der Waals surface area contributed by atoms with Crippen molar-refractivity contribution in [3.05, 3.63) is 53.9 Å². The third-order valence-corrected chi connectivity index (χ3v) is 4.53. The van der Waals surface area contributed by atoms with Gasteiger partial charge in [-0.3, -0.25) is 0 Å². The molecule has 0 N–H and O–H groups in total. The normalized spacial score (nSPS) is 12.5. The van der Waals surface area contributed by atoms with Crippen LogP contribution in [0.15, 0.2) is 42.7 Å². The summed E-state index contributed by atoms with van der Waals surface area (Å²) in [7, 11) is 1.71. The van der Waals surface area contributed by atoms with Crippen LogP contribution < -0.4 is 14.4 Å². The molecule has 2 heterocycles. The maximum atomic E-state index is 5.51. The molecule has 0 saturated heterocycles. The van der Waals surface area contributed by atoms with Crippen molar-refractivity contribution in [1.29, 1.82) is 0 Å². The van der Waals surface area contributed by atoms with Crippen LogP contribution in [-0.2, 0) is 11.3 Å². The van der Waals surface area contributed by atoms with Gasteiger partial charge in [-0.2, -0.15) is 0 Å². The summed E-state index contributed by atoms with van der Waals surface area (Å²) < 4.78 is 16.2. The van der Waals surface area contributed by atoms with Crippen LogP contribution in [0.2, 0.25) is 0 Å². The van der Waals surface area contributed by atoms with Crippen molar-refractivity contribution in [3.8, 4) is 11.5 Å². The second-order valence-electron chi connectivity index (χ2n) is 6.27. The Kier molecular flexibility index (Phi) is 4.58. The fourth-order valence-corrected chi connectivity index (χ4v) is 3.22. The Morgan fingerprint density at radius 2 is 2.00 bits per heavy atom. The molecule has 4 rings (SSSR count). The highest BCUT2D eigenvalue weighted by Crippen LogP contribution is 2.34. The number of rotatable bonds is 6. The summed E-state index contributed by atoms with van der Waals surface area (Å²) in [5.74, 6) is 2.50. The molecule has 6 heteroatoms. The molecule has 26 heavy (non-hydrogen) atoms. The van der Waals surface area contributed by atoms with E-state index in [-0.39, 0.29) is 6.79 Å². The topological polar surface area (TPSA) is 56.7 Å². The van der Waals surface area contributed by atoms with Gasteiger partial charge in [-0.1, -0.05) is 18.2 Å². The molecular formula is C20H21N3O3. The van der Waals surface area contributed by atoms with Crippen molar-refractivity contribution in [2.45, 2.75) is 13.5 Å². The molecule has 0 bridgehead atoms. The molecule has 0 atom stereocenters. The van der Waals surface area contributed by atoms with E-state index in [4.69, 9.17) is 14.2 Å². The minimum atomic E-state index is 0.280. The van der Waals surface area contributed by atoms with Crippen LogP contribution in [-0.4, -0.2) is 37.0 Å². The zero-order valence-corrected chi connectivity index (χ0v) is 14.9. The Morgan fingerprint density at radius 1 is 1.12 bits per heavy atom. The monoisotopic (exact) mass is 351 g/mol. The molecule has 0 saturated carbocycles. The summed E-state index contributed by atoms with van der Waals surface area (Å²) in [6.07, 6.45) is 1.62. The average Bonchev–Trinajstić information content (AvgIpc) is 3.13. The highest BCUT2D eigenvalue weighted by molar-refractivity contribution is 5.92. The summed E-state index contributed by atoms with van der Waals surface area (Å²) in [4.78, 5) is 11.2. The molecule has 134 valence electrons. The van der Waals surface area contributed by atoms with Crippen LogP contribution in [0, 0.1) is 6.92 Å². The summed E-state index contributed by atoms with van der Waals surface area (Å²) in [5, 5.41) is 1.08.